The summed E-state index contributed by atoms with van der Waals surface area (Å²) in [5, 5.41) is 15.8. The summed E-state index contributed by atoms with van der Waals surface area (Å²) in [7, 11) is 0. The van der Waals surface area contributed by atoms with Crippen LogP contribution in [0, 0.1) is 11.8 Å². The summed E-state index contributed by atoms with van der Waals surface area (Å²) in [6, 6.07) is 4.04. The number of nitrogens with zero attached hydrogens (tertiary/aromatic N) is 1. The van der Waals surface area contributed by atoms with E-state index >= 15 is 0 Å². The zero-order chi connectivity index (χ0) is 14.9. The van der Waals surface area contributed by atoms with Crippen molar-refractivity contribution in [2.45, 2.75) is 44.8 Å². The Kier molecular flexibility index (Phi) is 4.22. The first-order valence-corrected chi connectivity index (χ1v) is 8.78. The van der Waals surface area contributed by atoms with Gasteiger partial charge in [-0.25, -0.2) is 4.79 Å². The minimum absolute atomic E-state index is 0.0104. The van der Waals surface area contributed by atoms with E-state index in [1.807, 2.05) is 22.4 Å². The van der Waals surface area contributed by atoms with Crippen molar-refractivity contribution in [1.29, 1.82) is 0 Å². The zero-order valence-corrected chi connectivity index (χ0v) is 13.4. The maximum absolute atomic E-state index is 12.3. The number of carbonyl (C=O) groups is 1. The van der Waals surface area contributed by atoms with Crippen LogP contribution in [0.15, 0.2) is 17.5 Å². The first-order chi connectivity index (χ1) is 10.1. The summed E-state index contributed by atoms with van der Waals surface area (Å²) >= 11 is 1.66. The maximum atomic E-state index is 12.3. The number of amides is 2. The lowest BCUT2D eigenvalue weighted by Gasteiger charge is -2.40. The first kappa shape index (κ1) is 14.9. The molecular formula is C16H24N2O2S. The van der Waals surface area contributed by atoms with E-state index in [0.29, 0.717) is 19.0 Å². The van der Waals surface area contributed by atoms with Crippen LogP contribution in [0.1, 0.15) is 37.5 Å². The summed E-state index contributed by atoms with van der Waals surface area (Å²) < 4.78 is 0. The number of fused-ring (bicyclic) bond motifs is 1. The molecule has 3 rings (SSSR count). The topological polar surface area (TPSA) is 52.6 Å². The molecule has 0 unspecified atom stereocenters. The number of thiophene rings is 1. The smallest absolute Gasteiger partial charge is 0.317 e. The van der Waals surface area contributed by atoms with Crippen molar-refractivity contribution in [3.8, 4) is 0 Å². The third-order valence-corrected chi connectivity index (χ3v) is 6.09. The van der Waals surface area contributed by atoms with E-state index in [0.717, 1.165) is 32.2 Å². The second kappa shape index (κ2) is 5.97. The number of hydrogen-bond acceptors (Lipinski definition) is 3. The Labute approximate surface area is 130 Å². The highest BCUT2D eigenvalue weighted by molar-refractivity contribution is 7.09. The molecule has 116 valence electrons. The van der Waals surface area contributed by atoms with Crippen LogP contribution in [-0.4, -0.2) is 34.7 Å². The molecule has 21 heavy (non-hydrogen) atoms. The molecular weight excluding hydrogens is 284 g/mol. The molecule has 4 nitrogen and oxygen atoms in total. The Balaban J connectivity index is 1.59. The number of hydrogen-bond donors (Lipinski definition) is 2. The zero-order valence-electron chi connectivity index (χ0n) is 12.5. The number of rotatable bonds is 3. The molecule has 2 heterocycles. The van der Waals surface area contributed by atoms with Gasteiger partial charge < -0.3 is 15.3 Å². The molecule has 1 saturated carbocycles. The van der Waals surface area contributed by atoms with Crippen molar-refractivity contribution < 1.29 is 9.90 Å². The highest BCUT2D eigenvalue weighted by Gasteiger charge is 2.48. The van der Waals surface area contributed by atoms with Gasteiger partial charge >= 0.3 is 6.03 Å². The summed E-state index contributed by atoms with van der Waals surface area (Å²) in [5.74, 6) is 0.722. The minimum atomic E-state index is -0.564. The summed E-state index contributed by atoms with van der Waals surface area (Å²) in [4.78, 5) is 15.4. The lowest BCUT2D eigenvalue weighted by molar-refractivity contribution is -0.0608. The average Bonchev–Trinajstić information content (AvgIpc) is 3.14. The van der Waals surface area contributed by atoms with E-state index in [1.165, 1.54) is 4.88 Å². The normalized spacial score (nSPS) is 32.0. The summed E-state index contributed by atoms with van der Waals surface area (Å²) in [6.07, 6.45) is 3.89. The Morgan fingerprint density at radius 2 is 2.43 bits per heavy atom. The van der Waals surface area contributed by atoms with Crippen LogP contribution in [-0.2, 0) is 6.54 Å². The quantitative estimate of drug-likeness (QED) is 0.902. The van der Waals surface area contributed by atoms with Gasteiger partial charge in [-0.1, -0.05) is 19.4 Å². The lowest BCUT2D eigenvalue weighted by Crippen LogP contribution is -2.45. The van der Waals surface area contributed by atoms with Crippen molar-refractivity contribution in [2.24, 2.45) is 11.8 Å². The van der Waals surface area contributed by atoms with Gasteiger partial charge in [0.2, 0.25) is 0 Å². The molecule has 2 N–H and O–H groups in total. The van der Waals surface area contributed by atoms with E-state index < -0.39 is 5.60 Å². The molecule has 1 aliphatic heterocycles. The monoisotopic (exact) mass is 308 g/mol. The molecule has 0 spiro atoms. The first-order valence-electron chi connectivity index (χ1n) is 7.90. The van der Waals surface area contributed by atoms with Gasteiger partial charge in [-0.3, -0.25) is 0 Å². The fourth-order valence-electron chi connectivity index (χ4n) is 3.92. The van der Waals surface area contributed by atoms with Crippen molar-refractivity contribution in [1.82, 2.24) is 10.2 Å². The summed E-state index contributed by atoms with van der Waals surface area (Å²) in [5.41, 5.74) is -0.564. The van der Waals surface area contributed by atoms with Gasteiger partial charge in [0.1, 0.15) is 0 Å². The summed E-state index contributed by atoms with van der Waals surface area (Å²) in [6.45, 7) is 4.15. The molecule has 5 heteroatoms. The largest absolute Gasteiger partial charge is 0.390 e. The third kappa shape index (κ3) is 2.94. The Bertz CT molecular complexity index is 490. The van der Waals surface area contributed by atoms with Crippen molar-refractivity contribution >= 4 is 17.4 Å². The molecule has 0 bridgehead atoms. The van der Waals surface area contributed by atoms with Crippen LogP contribution in [0.4, 0.5) is 4.79 Å². The molecule has 0 radical (unpaired) electrons. The predicted molar refractivity (Wildman–Crippen MR) is 84.2 cm³/mol. The lowest BCUT2D eigenvalue weighted by atomic mass is 9.69. The van der Waals surface area contributed by atoms with E-state index in [-0.39, 0.29) is 11.9 Å². The molecule has 1 saturated heterocycles. The van der Waals surface area contributed by atoms with Gasteiger partial charge in [0, 0.05) is 23.9 Å². The van der Waals surface area contributed by atoms with Crippen LogP contribution >= 0.6 is 11.3 Å². The van der Waals surface area contributed by atoms with Crippen LogP contribution in [0.25, 0.3) is 0 Å². The van der Waals surface area contributed by atoms with E-state index in [4.69, 9.17) is 0 Å². The number of urea groups is 1. The van der Waals surface area contributed by atoms with Crippen molar-refractivity contribution in [3.05, 3.63) is 22.4 Å². The highest BCUT2D eigenvalue weighted by atomic mass is 32.1. The van der Waals surface area contributed by atoms with Gasteiger partial charge in [-0.05, 0) is 36.6 Å². The molecule has 1 aliphatic carbocycles. The Morgan fingerprint density at radius 3 is 3.14 bits per heavy atom. The number of aliphatic hydroxyl groups is 1. The molecule has 1 aromatic heterocycles. The number of carbonyl (C=O) groups excluding carboxylic acids is 1. The van der Waals surface area contributed by atoms with Crippen LogP contribution in [0.2, 0.25) is 0 Å². The number of nitrogens with one attached hydrogen (secondary N) is 1. The van der Waals surface area contributed by atoms with Crippen LogP contribution in [0.5, 0.6) is 0 Å². The van der Waals surface area contributed by atoms with E-state index in [9.17, 15) is 9.90 Å². The second-order valence-electron chi connectivity index (χ2n) is 6.36. The maximum Gasteiger partial charge on any atom is 0.317 e. The molecule has 3 atom stereocenters. The van der Waals surface area contributed by atoms with E-state index in [1.54, 1.807) is 11.3 Å². The van der Waals surface area contributed by atoms with Gasteiger partial charge in [-0.15, -0.1) is 11.3 Å². The Hall–Kier alpha value is -1.07. The van der Waals surface area contributed by atoms with Gasteiger partial charge in [0.05, 0.1) is 12.1 Å². The van der Waals surface area contributed by atoms with Crippen LogP contribution in [0.3, 0.4) is 0 Å². The molecule has 2 amide bonds. The van der Waals surface area contributed by atoms with E-state index in [2.05, 4.69) is 12.2 Å². The number of likely N-dealkylation sites (tertiary alicyclic amines) is 1. The van der Waals surface area contributed by atoms with Gasteiger partial charge in [-0.2, -0.15) is 0 Å². The highest BCUT2D eigenvalue weighted by Crippen LogP contribution is 2.44. The molecule has 0 aromatic carbocycles. The van der Waals surface area contributed by atoms with Crippen molar-refractivity contribution in [3.63, 3.8) is 0 Å². The second-order valence-corrected chi connectivity index (χ2v) is 7.39. The molecule has 2 aliphatic rings. The Morgan fingerprint density at radius 1 is 1.57 bits per heavy atom. The predicted octanol–water partition coefficient (Wildman–Crippen LogP) is 2.83. The van der Waals surface area contributed by atoms with Gasteiger partial charge in [0.15, 0.2) is 0 Å². The van der Waals surface area contributed by atoms with Gasteiger partial charge in [0.25, 0.3) is 0 Å². The SMILES string of the molecule is CC[C@@]1(O)CCC[C@@H]2CN(C(=O)NCc3cccs3)C[C@@H]21. The fraction of sp³-hybridized carbons (Fsp3) is 0.688. The van der Waals surface area contributed by atoms with Crippen molar-refractivity contribution in [2.75, 3.05) is 13.1 Å². The standard InChI is InChI=1S/C16H24N2O2S/c1-2-16(20)7-3-5-12-10-18(11-14(12)16)15(19)17-9-13-6-4-8-21-13/h4,6,8,12,14,20H,2-3,5,7,9-11H2,1H3,(H,17,19)/t12-,14+,16-/m1/s1. The molecule has 2 fully saturated rings. The minimum Gasteiger partial charge on any atom is -0.390 e. The fourth-order valence-corrected chi connectivity index (χ4v) is 4.57. The van der Waals surface area contributed by atoms with Crippen LogP contribution < -0.4 is 5.32 Å². The third-order valence-electron chi connectivity index (χ3n) is 5.21. The average molecular weight is 308 g/mol. The molecule has 1 aromatic rings.